The van der Waals surface area contributed by atoms with Crippen LogP contribution < -0.4 is 5.32 Å². The zero-order valence-corrected chi connectivity index (χ0v) is 9.43. The van der Waals surface area contributed by atoms with E-state index < -0.39 is 28.9 Å². The Kier molecular flexibility index (Phi) is 4.75. The number of carbonyl (C=O) groups excluding carboxylic acids is 2. The van der Waals surface area contributed by atoms with Gasteiger partial charge in [-0.3, -0.25) is 9.59 Å². The second kappa shape index (κ2) is 6.08. The Morgan fingerprint density at radius 2 is 2.00 bits per heavy atom. The van der Waals surface area contributed by atoms with Crippen LogP contribution in [0.15, 0.2) is 18.2 Å². The lowest BCUT2D eigenvalue weighted by Gasteiger charge is -2.04. The molecule has 0 radical (unpaired) electrons. The number of halogens is 2. The molecule has 5 heteroatoms. The first-order valence-electron chi connectivity index (χ1n) is 5.33. The largest absolute Gasteiger partial charge is 0.349 e. The average molecular weight is 241 g/mol. The molecular formula is C12H13F2NO2. The van der Waals surface area contributed by atoms with Gasteiger partial charge in [0.2, 0.25) is 0 Å². The predicted molar refractivity (Wildman–Crippen MR) is 58.6 cm³/mol. The van der Waals surface area contributed by atoms with Crippen molar-refractivity contribution in [2.24, 2.45) is 0 Å². The molecule has 0 unspecified atom stereocenters. The van der Waals surface area contributed by atoms with Crippen molar-refractivity contribution in [3.8, 4) is 0 Å². The molecule has 0 heterocycles. The maximum Gasteiger partial charge on any atom is 0.292 e. The van der Waals surface area contributed by atoms with Gasteiger partial charge in [0.25, 0.3) is 11.7 Å². The first-order valence-corrected chi connectivity index (χ1v) is 5.33. The minimum Gasteiger partial charge on any atom is -0.349 e. The summed E-state index contributed by atoms with van der Waals surface area (Å²) >= 11 is 0. The third kappa shape index (κ3) is 3.62. The summed E-state index contributed by atoms with van der Waals surface area (Å²) in [6.45, 7) is 2.28. The Bertz CT molecular complexity index is 433. The number of hydrogen-bond donors (Lipinski definition) is 1. The van der Waals surface area contributed by atoms with Crippen molar-refractivity contribution in [2.45, 2.75) is 19.8 Å². The van der Waals surface area contributed by atoms with Crippen LogP contribution in [0.2, 0.25) is 0 Å². The molecule has 0 fully saturated rings. The van der Waals surface area contributed by atoms with Crippen molar-refractivity contribution < 1.29 is 18.4 Å². The number of Topliss-reactive ketones (excluding diaryl/α,β-unsaturated/α-hetero) is 1. The number of carbonyl (C=O) groups is 2. The topological polar surface area (TPSA) is 46.2 Å². The molecule has 17 heavy (non-hydrogen) atoms. The number of ketones is 1. The van der Waals surface area contributed by atoms with E-state index in [1.54, 1.807) is 0 Å². The van der Waals surface area contributed by atoms with E-state index in [-0.39, 0.29) is 0 Å². The highest BCUT2D eigenvalue weighted by Gasteiger charge is 2.19. The van der Waals surface area contributed by atoms with Crippen LogP contribution in [-0.4, -0.2) is 18.2 Å². The van der Waals surface area contributed by atoms with Gasteiger partial charge in [-0.25, -0.2) is 8.78 Å². The Morgan fingerprint density at radius 3 is 2.65 bits per heavy atom. The molecule has 1 aromatic rings. The molecule has 0 aliphatic carbocycles. The standard InChI is InChI=1S/C12H13F2NO2/c1-2-3-6-15-12(17)11(16)9-7-8(13)4-5-10(9)14/h4-5,7H,2-3,6H2,1H3,(H,15,17). The smallest absolute Gasteiger partial charge is 0.292 e. The lowest BCUT2D eigenvalue weighted by Crippen LogP contribution is -2.32. The van der Waals surface area contributed by atoms with Gasteiger partial charge in [-0.2, -0.15) is 0 Å². The SMILES string of the molecule is CCCCNC(=O)C(=O)c1cc(F)ccc1F. The normalized spacial score (nSPS) is 10.1. The minimum atomic E-state index is -1.06. The summed E-state index contributed by atoms with van der Waals surface area (Å²) in [5, 5.41) is 2.35. The highest BCUT2D eigenvalue weighted by atomic mass is 19.1. The maximum atomic E-state index is 13.2. The molecule has 92 valence electrons. The monoisotopic (exact) mass is 241 g/mol. The van der Waals surface area contributed by atoms with Crippen LogP contribution in [0.4, 0.5) is 8.78 Å². The maximum absolute atomic E-state index is 13.2. The highest BCUT2D eigenvalue weighted by molar-refractivity contribution is 6.42. The first-order chi connectivity index (χ1) is 8.06. The van der Waals surface area contributed by atoms with E-state index in [0.717, 1.165) is 31.0 Å². The van der Waals surface area contributed by atoms with Gasteiger partial charge >= 0.3 is 0 Å². The van der Waals surface area contributed by atoms with E-state index in [4.69, 9.17) is 0 Å². The molecule has 0 spiro atoms. The number of hydrogen-bond acceptors (Lipinski definition) is 2. The second-order valence-corrected chi connectivity index (χ2v) is 3.56. The third-order valence-corrected chi connectivity index (χ3v) is 2.20. The number of unbranched alkanes of at least 4 members (excludes halogenated alkanes) is 1. The fourth-order valence-corrected chi connectivity index (χ4v) is 1.25. The van der Waals surface area contributed by atoms with Crippen molar-refractivity contribution in [2.75, 3.05) is 6.54 Å². The van der Waals surface area contributed by atoms with Gasteiger partial charge in [0.1, 0.15) is 11.6 Å². The van der Waals surface area contributed by atoms with Gasteiger partial charge in [-0.15, -0.1) is 0 Å². The Hall–Kier alpha value is -1.78. The summed E-state index contributed by atoms with van der Waals surface area (Å²) in [6.07, 6.45) is 1.59. The lowest BCUT2D eigenvalue weighted by atomic mass is 10.1. The number of benzene rings is 1. The van der Waals surface area contributed by atoms with Gasteiger partial charge in [0, 0.05) is 6.54 Å². The van der Waals surface area contributed by atoms with Crippen LogP contribution >= 0.6 is 0 Å². The summed E-state index contributed by atoms with van der Waals surface area (Å²) in [5.41, 5.74) is -0.543. The van der Waals surface area contributed by atoms with Gasteiger partial charge in [0.15, 0.2) is 0 Å². The molecule has 1 aromatic carbocycles. The van der Waals surface area contributed by atoms with Gasteiger partial charge in [0.05, 0.1) is 5.56 Å². The van der Waals surface area contributed by atoms with Crippen LogP contribution in [0.1, 0.15) is 30.1 Å². The Morgan fingerprint density at radius 1 is 1.29 bits per heavy atom. The van der Waals surface area contributed by atoms with Crippen molar-refractivity contribution in [3.05, 3.63) is 35.4 Å². The quantitative estimate of drug-likeness (QED) is 0.487. The lowest BCUT2D eigenvalue weighted by molar-refractivity contribution is -0.117. The molecule has 0 bridgehead atoms. The molecular weight excluding hydrogens is 228 g/mol. The van der Waals surface area contributed by atoms with Crippen molar-refractivity contribution in [1.29, 1.82) is 0 Å². The van der Waals surface area contributed by atoms with E-state index in [0.29, 0.717) is 6.54 Å². The van der Waals surface area contributed by atoms with E-state index >= 15 is 0 Å². The summed E-state index contributed by atoms with van der Waals surface area (Å²) in [6, 6.07) is 2.43. The third-order valence-electron chi connectivity index (χ3n) is 2.20. The average Bonchev–Trinajstić information content (AvgIpc) is 2.31. The van der Waals surface area contributed by atoms with Crippen LogP contribution in [0.25, 0.3) is 0 Å². The van der Waals surface area contributed by atoms with Gasteiger partial charge < -0.3 is 5.32 Å². The zero-order valence-electron chi connectivity index (χ0n) is 9.43. The fourth-order valence-electron chi connectivity index (χ4n) is 1.25. The minimum absolute atomic E-state index is 0.345. The second-order valence-electron chi connectivity index (χ2n) is 3.56. The molecule has 0 aromatic heterocycles. The molecule has 1 rings (SSSR count). The van der Waals surface area contributed by atoms with E-state index in [1.165, 1.54) is 0 Å². The summed E-state index contributed by atoms with van der Waals surface area (Å²) in [7, 11) is 0. The summed E-state index contributed by atoms with van der Waals surface area (Å²) in [5.74, 6) is -3.63. The molecule has 1 amide bonds. The van der Waals surface area contributed by atoms with Gasteiger partial charge in [-0.05, 0) is 24.6 Å². The van der Waals surface area contributed by atoms with Gasteiger partial charge in [-0.1, -0.05) is 13.3 Å². The molecule has 0 saturated heterocycles. The molecule has 0 aliphatic rings. The number of nitrogens with one attached hydrogen (secondary N) is 1. The van der Waals surface area contributed by atoms with E-state index in [1.807, 2.05) is 6.92 Å². The zero-order chi connectivity index (χ0) is 12.8. The summed E-state index contributed by atoms with van der Waals surface area (Å²) < 4.78 is 26.0. The van der Waals surface area contributed by atoms with Crippen LogP contribution in [0.5, 0.6) is 0 Å². The molecule has 3 nitrogen and oxygen atoms in total. The fraction of sp³-hybridized carbons (Fsp3) is 0.333. The molecule has 0 saturated carbocycles. The van der Waals surface area contributed by atoms with E-state index in [2.05, 4.69) is 5.32 Å². The molecule has 1 N–H and O–H groups in total. The van der Waals surface area contributed by atoms with Crippen molar-refractivity contribution in [3.63, 3.8) is 0 Å². The van der Waals surface area contributed by atoms with Crippen LogP contribution in [0, 0.1) is 11.6 Å². The summed E-state index contributed by atoms with van der Waals surface area (Å²) in [4.78, 5) is 22.8. The Labute approximate surface area is 97.8 Å². The molecule has 0 atom stereocenters. The highest BCUT2D eigenvalue weighted by Crippen LogP contribution is 2.10. The van der Waals surface area contributed by atoms with Crippen molar-refractivity contribution in [1.82, 2.24) is 5.32 Å². The van der Waals surface area contributed by atoms with Crippen molar-refractivity contribution >= 4 is 11.7 Å². The Balaban J connectivity index is 2.75. The number of amides is 1. The molecule has 0 aliphatic heterocycles. The first kappa shape index (κ1) is 13.3. The predicted octanol–water partition coefficient (Wildman–Crippen LogP) is 2.06. The van der Waals surface area contributed by atoms with Crippen LogP contribution in [0.3, 0.4) is 0 Å². The van der Waals surface area contributed by atoms with Crippen LogP contribution in [-0.2, 0) is 4.79 Å². The van der Waals surface area contributed by atoms with E-state index in [9.17, 15) is 18.4 Å². The number of rotatable bonds is 5.